The molecule has 6 nitrogen and oxygen atoms in total. The van der Waals surface area contributed by atoms with Crippen molar-refractivity contribution in [2.75, 3.05) is 20.3 Å². The van der Waals surface area contributed by atoms with Crippen LogP contribution in [0.3, 0.4) is 0 Å². The number of amides is 1. The Morgan fingerprint density at radius 1 is 1.19 bits per heavy atom. The molecular formula is C19H21ClN2O4. The Kier molecular flexibility index (Phi) is 7.41. The summed E-state index contributed by atoms with van der Waals surface area (Å²) >= 11 is 6.04. The van der Waals surface area contributed by atoms with Gasteiger partial charge in [0.15, 0.2) is 6.61 Å². The van der Waals surface area contributed by atoms with Gasteiger partial charge in [0, 0.05) is 25.5 Å². The monoisotopic (exact) mass is 376 g/mol. The zero-order valence-electron chi connectivity index (χ0n) is 14.7. The number of pyridine rings is 1. The first-order valence-electron chi connectivity index (χ1n) is 8.13. The van der Waals surface area contributed by atoms with E-state index in [-0.39, 0.29) is 25.0 Å². The average molecular weight is 377 g/mol. The van der Waals surface area contributed by atoms with Crippen LogP contribution < -0.4 is 4.74 Å². The van der Waals surface area contributed by atoms with Crippen molar-refractivity contribution in [3.63, 3.8) is 0 Å². The predicted octanol–water partition coefficient (Wildman–Crippen LogP) is 2.95. The van der Waals surface area contributed by atoms with E-state index in [4.69, 9.17) is 21.1 Å². The molecule has 2 aromatic rings. The van der Waals surface area contributed by atoms with Crippen molar-refractivity contribution in [1.29, 1.82) is 0 Å². The van der Waals surface area contributed by atoms with Gasteiger partial charge in [0.25, 0.3) is 5.91 Å². The van der Waals surface area contributed by atoms with Crippen LogP contribution in [-0.2, 0) is 20.9 Å². The first-order valence-corrected chi connectivity index (χ1v) is 8.51. The van der Waals surface area contributed by atoms with Gasteiger partial charge in [-0.05, 0) is 29.8 Å². The molecule has 0 bridgehead atoms. The standard InChI is InChI=1S/C19H21ClN2O4/c1-14(19(24)25-2)11-22(12-15-7-9-21-10-8-15)18(23)13-26-17-6-4-3-5-16(17)20/h3-10,14H,11-13H2,1-2H3. The van der Waals surface area contributed by atoms with Crippen LogP contribution >= 0.6 is 11.6 Å². The highest BCUT2D eigenvalue weighted by Gasteiger charge is 2.22. The smallest absolute Gasteiger partial charge is 0.310 e. The molecule has 1 heterocycles. The lowest BCUT2D eigenvalue weighted by atomic mass is 10.1. The number of benzene rings is 1. The largest absolute Gasteiger partial charge is 0.482 e. The molecule has 0 aliphatic heterocycles. The fraction of sp³-hybridized carbons (Fsp3) is 0.316. The summed E-state index contributed by atoms with van der Waals surface area (Å²) < 4.78 is 10.3. The van der Waals surface area contributed by atoms with E-state index in [1.165, 1.54) is 7.11 Å². The van der Waals surface area contributed by atoms with Crippen LogP contribution in [0.15, 0.2) is 48.8 Å². The second-order valence-corrected chi connectivity index (χ2v) is 6.18. The number of methoxy groups -OCH3 is 1. The summed E-state index contributed by atoms with van der Waals surface area (Å²) in [5.74, 6) is -0.638. The Hall–Kier alpha value is -2.60. The molecule has 0 aliphatic rings. The van der Waals surface area contributed by atoms with Crippen molar-refractivity contribution in [2.24, 2.45) is 5.92 Å². The summed E-state index contributed by atoms with van der Waals surface area (Å²) in [5.41, 5.74) is 0.906. The van der Waals surface area contributed by atoms with E-state index in [9.17, 15) is 9.59 Å². The van der Waals surface area contributed by atoms with E-state index in [2.05, 4.69) is 4.98 Å². The van der Waals surface area contributed by atoms with Gasteiger partial charge in [-0.25, -0.2) is 0 Å². The first kappa shape index (κ1) is 19.7. The number of hydrogen-bond acceptors (Lipinski definition) is 5. The van der Waals surface area contributed by atoms with Crippen LogP contribution in [0.1, 0.15) is 12.5 Å². The van der Waals surface area contributed by atoms with E-state index in [1.807, 2.05) is 12.1 Å². The third kappa shape index (κ3) is 5.74. The molecule has 0 spiro atoms. The average Bonchev–Trinajstić information content (AvgIpc) is 2.66. The zero-order valence-corrected chi connectivity index (χ0v) is 15.5. The predicted molar refractivity (Wildman–Crippen MR) is 97.8 cm³/mol. The molecule has 1 aromatic heterocycles. The van der Waals surface area contributed by atoms with Gasteiger partial charge in [-0.2, -0.15) is 0 Å². The summed E-state index contributed by atoms with van der Waals surface area (Å²) in [4.78, 5) is 29.9. The molecule has 0 radical (unpaired) electrons. The third-order valence-corrected chi connectivity index (χ3v) is 4.07. The van der Waals surface area contributed by atoms with E-state index >= 15 is 0 Å². The van der Waals surface area contributed by atoms with E-state index in [0.717, 1.165) is 5.56 Å². The number of rotatable bonds is 8. The maximum Gasteiger partial charge on any atom is 0.310 e. The van der Waals surface area contributed by atoms with E-state index in [1.54, 1.807) is 48.5 Å². The quantitative estimate of drug-likeness (QED) is 0.662. The highest BCUT2D eigenvalue weighted by molar-refractivity contribution is 6.32. The summed E-state index contributed by atoms with van der Waals surface area (Å²) in [7, 11) is 1.33. The van der Waals surface area contributed by atoms with Gasteiger partial charge in [-0.3, -0.25) is 14.6 Å². The lowest BCUT2D eigenvalue weighted by molar-refractivity contribution is -0.147. The van der Waals surface area contributed by atoms with E-state index in [0.29, 0.717) is 17.3 Å². The molecule has 0 saturated heterocycles. The zero-order chi connectivity index (χ0) is 18.9. The number of carbonyl (C=O) groups excluding carboxylic acids is 2. The van der Waals surface area contributed by atoms with Crippen molar-refractivity contribution in [3.05, 3.63) is 59.4 Å². The lowest BCUT2D eigenvalue weighted by Gasteiger charge is -2.25. The van der Waals surface area contributed by atoms with Crippen LogP contribution in [0.2, 0.25) is 5.02 Å². The number of nitrogens with zero attached hydrogens (tertiary/aromatic N) is 2. The van der Waals surface area contributed by atoms with Crippen molar-refractivity contribution >= 4 is 23.5 Å². The van der Waals surface area contributed by atoms with Crippen LogP contribution in [0.4, 0.5) is 0 Å². The van der Waals surface area contributed by atoms with Gasteiger partial charge in [0.2, 0.25) is 0 Å². The van der Waals surface area contributed by atoms with Crippen LogP contribution in [0, 0.1) is 5.92 Å². The molecule has 7 heteroatoms. The van der Waals surface area contributed by atoms with Gasteiger partial charge in [0.05, 0.1) is 18.1 Å². The number of esters is 1. The number of halogens is 1. The minimum absolute atomic E-state index is 0.178. The highest BCUT2D eigenvalue weighted by Crippen LogP contribution is 2.23. The SMILES string of the molecule is COC(=O)C(C)CN(Cc1ccncc1)C(=O)COc1ccccc1Cl. The number of aromatic nitrogens is 1. The summed E-state index contributed by atoms with van der Waals surface area (Å²) in [6.45, 7) is 2.10. The fourth-order valence-corrected chi connectivity index (χ4v) is 2.55. The van der Waals surface area contributed by atoms with E-state index < -0.39 is 5.92 Å². The molecule has 1 atom stereocenters. The second kappa shape index (κ2) is 9.77. The van der Waals surface area contributed by atoms with Crippen LogP contribution in [-0.4, -0.2) is 42.0 Å². The maximum absolute atomic E-state index is 12.7. The maximum atomic E-state index is 12.7. The van der Waals surface area contributed by atoms with Crippen molar-refractivity contribution in [1.82, 2.24) is 9.88 Å². The van der Waals surface area contributed by atoms with Gasteiger partial charge in [-0.15, -0.1) is 0 Å². The molecule has 1 unspecified atom stereocenters. The Bertz CT molecular complexity index is 739. The Labute approximate surface area is 157 Å². The second-order valence-electron chi connectivity index (χ2n) is 5.77. The molecule has 1 aromatic carbocycles. The molecule has 0 N–H and O–H groups in total. The summed E-state index contributed by atoms with van der Waals surface area (Å²) in [5, 5.41) is 0.434. The minimum atomic E-state index is -0.453. The van der Waals surface area contributed by atoms with Crippen molar-refractivity contribution in [2.45, 2.75) is 13.5 Å². The Morgan fingerprint density at radius 3 is 2.54 bits per heavy atom. The highest BCUT2D eigenvalue weighted by atomic mass is 35.5. The minimum Gasteiger partial charge on any atom is -0.482 e. The fourth-order valence-electron chi connectivity index (χ4n) is 2.36. The van der Waals surface area contributed by atoms with Crippen LogP contribution in [0.5, 0.6) is 5.75 Å². The van der Waals surface area contributed by atoms with Crippen molar-refractivity contribution in [3.8, 4) is 5.75 Å². The topological polar surface area (TPSA) is 68.7 Å². The molecule has 2 rings (SSSR count). The van der Waals surface area contributed by atoms with Crippen LogP contribution in [0.25, 0.3) is 0 Å². The summed E-state index contributed by atoms with van der Waals surface area (Å²) in [6, 6.07) is 10.6. The number of carbonyl (C=O) groups is 2. The number of para-hydroxylation sites is 1. The molecule has 138 valence electrons. The lowest BCUT2D eigenvalue weighted by Crippen LogP contribution is -2.39. The summed E-state index contributed by atoms with van der Waals surface area (Å²) in [6.07, 6.45) is 3.31. The molecule has 0 saturated carbocycles. The third-order valence-electron chi connectivity index (χ3n) is 3.76. The molecule has 26 heavy (non-hydrogen) atoms. The normalized spacial score (nSPS) is 11.5. The number of ether oxygens (including phenoxy) is 2. The first-order chi connectivity index (χ1) is 12.5. The Balaban J connectivity index is 2.07. The van der Waals surface area contributed by atoms with Crippen molar-refractivity contribution < 1.29 is 19.1 Å². The molecular weight excluding hydrogens is 356 g/mol. The van der Waals surface area contributed by atoms with Gasteiger partial charge in [-0.1, -0.05) is 30.7 Å². The number of hydrogen-bond donors (Lipinski definition) is 0. The molecule has 0 fully saturated rings. The van der Waals surface area contributed by atoms with Gasteiger partial charge in [0.1, 0.15) is 5.75 Å². The Morgan fingerprint density at radius 2 is 1.88 bits per heavy atom. The molecule has 1 amide bonds. The van der Waals surface area contributed by atoms with Gasteiger partial charge >= 0.3 is 5.97 Å². The van der Waals surface area contributed by atoms with Gasteiger partial charge < -0.3 is 14.4 Å². The molecule has 0 aliphatic carbocycles.